The first-order valence-corrected chi connectivity index (χ1v) is 12.6. The fourth-order valence-electron chi connectivity index (χ4n) is 4.40. The van der Waals surface area contributed by atoms with Crippen LogP contribution in [0.3, 0.4) is 0 Å². The molecule has 3 amide bonds. The van der Waals surface area contributed by atoms with Gasteiger partial charge in [-0.15, -0.1) is 0 Å². The molecule has 0 radical (unpaired) electrons. The van der Waals surface area contributed by atoms with Crippen LogP contribution in [0.15, 0.2) is 67.1 Å². The number of nitrogens with one attached hydrogen (secondary N) is 3. The van der Waals surface area contributed by atoms with Crippen molar-refractivity contribution in [1.29, 1.82) is 0 Å². The topological polar surface area (TPSA) is 116 Å². The Morgan fingerprint density at radius 1 is 0.865 bits per heavy atom. The number of carbonyl (C=O) groups is 3. The molecule has 1 aliphatic carbocycles. The number of pyridine rings is 2. The summed E-state index contributed by atoms with van der Waals surface area (Å²) in [6, 6.07) is 15.2. The fourth-order valence-corrected chi connectivity index (χ4v) is 4.40. The van der Waals surface area contributed by atoms with Gasteiger partial charge >= 0.3 is 0 Å². The van der Waals surface area contributed by atoms with Gasteiger partial charge in [0.2, 0.25) is 5.91 Å². The molecule has 2 fully saturated rings. The summed E-state index contributed by atoms with van der Waals surface area (Å²) in [5, 5.41) is 8.62. The number of aromatic nitrogens is 2. The number of benzene rings is 1. The van der Waals surface area contributed by atoms with Gasteiger partial charge in [-0.3, -0.25) is 24.3 Å². The molecule has 3 heterocycles. The number of nitrogens with zero attached hydrogens (tertiary/aromatic N) is 3. The van der Waals surface area contributed by atoms with Crippen LogP contribution in [-0.4, -0.2) is 51.7 Å². The van der Waals surface area contributed by atoms with E-state index in [1.807, 2.05) is 6.07 Å². The van der Waals surface area contributed by atoms with Crippen molar-refractivity contribution < 1.29 is 14.4 Å². The zero-order valence-corrected chi connectivity index (χ0v) is 20.5. The van der Waals surface area contributed by atoms with Crippen LogP contribution in [0.5, 0.6) is 0 Å². The summed E-state index contributed by atoms with van der Waals surface area (Å²) in [4.78, 5) is 48.3. The van der Waals surface area contributed by atoms with Crippen LogP contribution in [0.1, 0.15) is 52.0 Å². The maximum absolute atomic E-state index is 12.9. The molecule has 2 aromatic heterocycles. The lowest BCUT2D eigenvalue weighted by molar-refractivity contribution is -0.117. The molecule has 0 atom stereocenters. The van der Waals surface area contributed by atoms with Gasteiger partial charge in [0.05, 0.1) is 17.4 Å². The van der Waals surface area contributed by atoms with Crippen molar-refractivity contribution in [2.45, 2.75) is 38.3 Å². The van der Waals surface area contributed by atoms with E-state index in [1.165, 1.54) is 30.2 Å². The Morgan fingerprint density at radius 3 is 2.41 bits per heavy atom. The largest absolute Gasteiger partial charge is 0.349 e. The molecule has 1 saturated carbocycles. The Bertz CT molecular complexity index is 1270. The number of rotatable bonds is 8. The second kappa shape index (κ2) is 11.3. The summed E-state index contributed by atoms with van der Waals surface area (Å²) < 4.78 is 0. The van der Waals surface area contributed by atoms with E-state index in [9.17, 15) is 14.4 Å². The second-order valence-corrected chi connectivity index (χ2v) is 9.62. The highest BCUT2D eigenvalue weighted by molar-refractivity contribution is 6.05. The fraction of sp³-hybridized carbons (Fsp3) is 0.321. The molecule has 0 unspecified atom stereocenters. The smallest absolute Gasteiger partial charge is 0.255 e. The quantitative estimate of drug-likeness (QED) is 0.438. The van der Waals surface area contributed by atoms with Crippen LogP contribution in [0.4, 0.5) is 11.5 Å². The summed E-state index contributed by atoms with van der Waals surface area (Å²) in [5.41, 5.74) is 2.44. The Labute approximate surface area is 215 Å². The zero-order valence-electron chi connectivity index (χ0n) is 20.5. The lowest BCUT2D eigenvalue weighted by Gasteiger charge is -2.32. The van der Waals surface area contributed by atoms with Gasteiger partial charge in [-0.2, -0.15) is 0 Å². The second-order valence-electron chi connectivity index (χ2n) is 9.62. The van der Waals surface area contributed by atoms with Gasteiger partial charge in [0, 0.05) is 49.6 Å². The number of amides is 3. The monoisotopic (exact) mass is 498 g/mol. The van der Waals surface area contributed by atoms with Gasteiger partial charge < -0.3 is 16.0 Å². The van der Waals surface area contributed by atoms with E-state index < -0.39 is 0 Å². The van der Waals surface area contributed by atoms with Gasteiger partial charge in [-0.1, -0.05) is 30.3 Å². The van der Waals surface area contributed by atoms with Gasteiger partial charge in [-0.25, -0.2) is 4.98 Å². The molecule has 0 spiro atoms. The van der Waals surface area contributed by atoms with Crippen LogP contribution in [-0.2, 0) is 11.3 Å². The van der Waals surface area contributed by atoms with Crippen molar-refractivity contribution in [2.24, 2.45) is 5.92 Å². The molecule has 2 aliphatic rings. The predicted octanol–water partition coefficient (Wildman–Crippen LogP) is 3.47. The minimum Gasteiger partial charge on any atom is -0.349 e. The highest BCUT2D eigenvalue weighted by atomic mass is 16.2. The summed E-state index contributed by atoms with van der Waals surface area (Å²) >= 11 is 0. The molecule has 1 aromatic carbocycles. The predicted molar refractivity (Wildman–Crippen MR) is 140 cm³/mol. The van der Waals surface area contributed by atoms with Crippen molar-refractivity contribution in [1.82, 2.24) is 20.2 Å². The lowest BCUT2D eigenvalue weighted by atomic mass is 10.0. The van der Waals surface area contributed by atoms with E-state index in [4.69, 9.17) is 0 Å². The van der Waals surface area contributed by atoms with E-state index in [2.05, 4.69) is 55.1 Å². The van der Waals surface area contributed by atoms with Crippen LogP contribution < -0.4 is 16.0 Å². The Balaban J connectivity index is 1.13. The Kier molecular flexibility index (Phi) is 7.51. The van der Waals surface area contributed by atoms with Crippen molar-refractivity contribution in [3.05, 3.63) is 83.8 Å². The number of carbonyl (C=O) groups excluding carboxylic acids is 3. The van der Waals surface area contributed by atoms with E-state index in [0.717, 1.165) is 45.3 Å². The zero-order chi connectivity index (χ0) is 25.6. The van der Waals surface area contributed by atoms with Crippen LogP contribution in [0.2, 0.25) is 0 Å². The summed E-state index contributed by atoms with van der Waals surface area (Å²) in [7, 11) is 0. The molecule has 37 heavy (non-hydrogen) atoms. The van der Waals surface area contributed by atoms with Gasteiger partial charge in [0.25, 0.3) is 11.8 Å². The highest BCUT2D eigenvalue weighted by Crippen LogP contribution is 2.30. The molecule has 190 valence electrons. The van der Waals surface area contributed by atoms with Crippen molar-refractivity contribution in [2.75, 3.05) is 23.7 Å². The van der Waals surface area contributed by atoms with Gasteiger partial charge in [0.15, 0.2) is 0 Å². The maximum Gasteiger partial charge on any atom is 0.255 e. The number of anilines is 2. The third-order valence-electron chi connectivity index (χ3n) is 6.65. The van der Waals surface area contributed by atoms with E-state index >= 15 is 0 Å². The molecule has 9 nitrogen and oxygen atoms in total. The minimum atomic E-state index is -0.380. The van der Waals surface area contributed by atoms with Gasteiger partial charge in [0.1, 0.15) is 5.82 Å². The molecule has 1 saturated heterocycles. The molecule has 3 aromatic rings. The maximum atomic E-state index is 12.9. The van der Waals surface area contributed by atoms with Crippen molar-refractivity contribution >= 4 is 29.2 Å². The molecular formula is C28H30N6O3. The molecule has 9 heteroatoms. The third-order valence-corrected chi connectivity index (χ3v) is 6.65. The summed E-state index contributed by atoms with van der Waals surface area (Å²) in [6.07, 6.45) is 7.99. The molecule has 0 bridgehead atoms. The van der Waals surface area contributed by atoms with E-state index in [0.29, 0.717) is 22.6 Å². The number of hydrogen-bond acceptors (Lipinski definition) is 6. The first kappa shape index (κ1) is 24.6. The van der Waals surface area contributed by atoms with Crippen LogP contribution >= 0.6 is 0 Å². The summed E-state index contributed by atoms with van der Waals surface area (Å²) in [5.74, 6) is -0.282. The normalized spacial score (nSPS) is 16.1. The molecular weight excluding hydrogens is 468 g/mol. The number of hydrogen-bond donors (Lipinski definition) is 3. The van der Waals surface area contributed by atoms with Crippen molar-refractivity contribution in [3.8, 4) is 0 Å². The third kappa shape index (κ3) is 6.77. The Morgan fingerprint density at radius 2 is 1.65 bits per heavy atom. The SMILES string of the molecule is O=C(Nc1cncc(C(=O)NC2CCN(Cc3ccccc3)CC2)c1)c1ccnc(NC(=O)C2CC2)c1. The average Bonchev–Trinajstić information content (AvgIpc) is 3.77. The molecule has 5 rings (SSSR count). The first-order valence-electron chi connectivity index (χ1n) is 12.6. The number of piperidine rings is 1. The first-order chi connectivity index (χ1) is 18.0. The average molecular weight is 499 g/mol. The summed E-state index contributed by atoms with van der Waals surface area (Å²) in [6.45, 7) is 2.76. The number of likely N-dealkylation sites (tertiary alicyclic amines) is 1. The molecule has 3 N–H and O–H groups in total. The molecule has 1 aliphatic heterocycles. The van der Waals surface area contributed by atoms with Crippen molar-refractivity contribution in [3.63, 3.8) is 0 Å². The minimum absolute atomic E-state index is 0.0427. The van der Waals surface area contributed by atoms with E-state index in [-0.39, 0.29) is 29.7 Å². The highest BCUT2D eigenvalue weighted by Gasteiger charge is 2.30. The standard InChI is InChI=1S/C28H30N6O3/c35-26(20-6-7-20)33-25-15-21(8-11-30-25)27(36)32-24-14-22(16-29-17-24)28(37)31-23-9-12-34(13-10-23)18-19-4-2-1-3-5-19/h1-5,8,11,14-17,20,23H,6-7,9-10,12-13,18H2,(H,31,37)(H,32,36)(H,30,33,35). The lowest BCUT2D eigenvalue weighted by Crippen LogP contribution is -2.44. The van der Waals surface area contributed by atoms with E-state index in [1.54, 1.807) is 12.1 Å². The van der Waals surface area contributed by atoms with Crippen LogP contribution in [0, 0.1) is 5.92 Å². The van der Waals surface area contributed by atoms with Crippen LogP contribution in [0.25, 0.3) is 0 Å². The Hall–Kier alpha value is -4.11. The van der Waals surface area contributed by atoms with Gasteiger partial charge in [-0.05, 0) is 49.4 Å².